The second-order valence-corrected chi connectivity index (χ2v) is 5.57. The van der Waals surface area contributed by atoms with Gasteiger partial charge in [-0.25, -0.2) is 0 Å². The first kappa shape index (κ1) is 12.8. The number of nitrogens with zero attached hydrogens (tertiary/aromatic N) is 1. The van der Waals surface area contributed by atoms with Crippen LogP contribution in [0.4, 0.5) is 0 Å². The Balaban J connectivity index is 1.90. The van der Waals surface area contributed by atoms with E-state index in [0.29, 0.717) is 25.6 Å². The minimum atomic E-state index is -0.803. The largest absolute Gasteiger partial charge is 0.379 e. The number of rotatable bonds is 2. The summed E-state index contributed by atoms with van der Waals surface area (Å²) in [6.07, 6.45) is 1.63. The van der Waals surface area contributed by atoms with Gasteiger partial charge in [0.2, 0.25) is 5.91 Å². The maximum atomic E-state index is 12.1. The SMILES string of the molecule is CC1CN(C)CCC1NC(=O)C1(N)CCOC1. The first-order chi connectivity index (χ1) is 8.01. The van der Waals surface area contributed by atoms with Crippen LogP contribution in [0.2, 0.25) is 0 Å². The lowest BCUT2D eigenvalue weighted by Crippen LogP contribution is -2.59. The van der Waals surface area contributed by atoms with Crippen molar-refractivity contribution in [2.75, 3.05) is 33.4 Å². The van der Waals surface area contributed by atoms with Crippen LogP contribution in [0.25, 0.3) is 0 Å². The third-order valence-corrected chi connectivity index (χ3v) is 3.93. The predicted octanol–water partition coefficient (Wildman–Crippen LogP) is -0.439. The Morgan fingerprint density at radius 2 is 2.35 bits per heavy atom. The lowest BCUT2D eigenvalue weighted by atomic mass is 9.92. The molecule has 2 saturated heterocycles. The van der Waals surface area contributed by atoms with Gasteiger partial charge < -0.3 is 20.7 Å². The predicted molar refractivity (Wildman–Crippen MR) is 65.6 cm³/mol. The van der Waals surface area contributed by atoms with Crippen LogP contribution in [-0.4, -0.2) is 55.7 Å². The molecule has 0 aromatic carbocycles. The second-order valence-electron chi connectivity index (χ2n) is 5.57. The molecule has 98 valence electrons. The molecular weight excluding hydrogens is 218 g/mol. The number of amides is 1. The number of likely N-dealkylation sites (tertiary alicyclic amines) is 1. The summed E-state index contributed by atoms with van der Waals surface area (Å²) in [5, 5.41) is 3.10. The van der Waals surface area contributed by atoms with Gasteiger partial charge in [-0.2, -0.15) is 0 Å². The van der Waals surface area contributed by atoms with Crippen molar-refractivity contribution in [3.63, 3.8) is 0 Å². The van der Waals surface area contributed by atoms with Gasteiger partial charge >= 0.3 is 0 Å². The van der Waals surface area contributed by atoms with Crippen molar-refractivity contribution >= 4 is 5.91 Å². The molecule has 5 heteroatoms. The molecule has 0 aromatic heterocycles. The van der Waals surface area contributed by atoms with Crippen LogP contribution in [0.5, 0.6) is 0 Å². The van der Waals surface area contributed by atoms with Crippen molar-refractivity contribution in [1.29, 1.82) is 0 Å². The summed E-state index contributed by atoms with van der Waals surface area (Å²) >= 11 is 0. The van der Waals surface area contributed by atoms with Crippen LogP contribution in [0.15, 0.2) is 0 Å². The van der Waals surface area contributed by atoms with Crippen molar-refractivity contribution in [2.24, 2.45) is 11.7 Å². The molecule has 0 bridgehead atoms. The van der Waals surface area contributed by atoms with Gasteiger partial charge in [-0.1, -0.05) is 6.92 Å². The van der Waals surface area contributed by atoms with Gasteiger partial charge in [0.1, 0.15) is 5.54 Å². The van der Waals surface area contributed by atoms with E-state index < -0.39 is 5.54 Å². The number of ether oxygens (including phenoxy) is 1. The molecule has 0 aliphatic carbocycles. The van der Waals surface area contributed by atoms with Gasteiger partial charge in [0.05, 0.1) is 6.61 Å². The zero-order valence-electron chi connectivity index (χ0n) is 10.7. The van der Waals surface area contributed by atoms with Crippen molar-refractivity contribution in [2.45, 2.75) is 31.3 Å². The number of nitrogens with two attached hydrogens (primary N) is 1. The molecule has 3 unspecified atom stereocenters. The fraction of sp³-hybridized carbons (Fsp3) is 0.917. The van der Waals surface area contributed by atoms with Gasteiger partial charge in [0.15, 0.2) is 0 Å². The molecule has 0 spiro atoms. The summed E-state index contributed by atoms with van der Waals surface area (Å²) in [6.45, 7) is 5.17. The average molecular weight is 241 g/mol. The molecule has 0 radical (unpaired) electrons. The maximum absolute atomic E-state index is 12.1. The van der Waals surface area contributed by atoms with E-state index in [9.17, 15) is 4.79 Å². The molecule has 5 nitrogen and oxygen atoms in total. The first-order valence-electron chi connectivity index (χ1n) is 6.37. The Hall–Kier alpha value is -0.650. The van der Waals surface area contributed by atoms with Crippen molar-refractivity contribution in [3.05, 3.63) is 0 Å². The first-order valence-corrected chi connectivity index (χ1v) is 6.37. The number of nitrogens with one attached hydrogen (secondary N) is 1. The fourth-order valence-electron chi connectivity index (χ4n) is 2.64. The average Bonchev–Trinajstić information content (AvgIpc) is 2.71. The quantitative estimate of drug-likeness (QED) is 0.688. The second kappa shape index (κ2) is 4.92. The normalized spacial score (nSPS) is 39.2. The van der Waals surface area contributed by atoms with Crippen LogP contribution in [0.1, 0.15) is 19.8 Å². The number of hydrogen-bond acceptors (Lipinski definition) is 4. The van der Waals surface area contributed by atoms with E-state index in [1.165, 1.54) is 0 Å². The highest BCUT2D eigenvalue weighted by molar-refractivity contribution is 5.86. The number of hydrogen-bond donors (Lipinski definition) is 2. The lowest BCUT2D eigenvalue weighted by molar-refractivity contribution is -0.127. The Morgan fingerprint density at radius 1 is 1.59 bits per heavy atom. The summed E-state index contributed by atoms with van der Waals surface area (Å²) in [6, 6.07) is 0.250. The Morgan fingerprint density at radius 3 is 2.94 bits per heavy atom. The van der Waals surface area contributed by atoms with Crippen LogP contribution in [-0.2, 0) is 9.53 Å². The highest BCUT2D eigenvalue weighted by atomic mass is 16.5. The van der Waals surface area contributed by atoms with Gasteiger partial charge in [-0.05, 0) is 32.4 Å². The van der Waals surface area contributed by atoms with Gasteiger partial charge in [0.25, 0.3) is 0 Å². The Kier molecular flexibility index (Phi) is 3.70. The van der Waals surface area contributed by atoms with Crippen molar-refractivity contribution in [1.82, 2.24) is 10.2 Å². The topological polar surface area (TPSA) is 67.6 Å². The summed E-state index contributed by atoms with van der Waals surface area (Å²) in [5.41, 5.74) is 5.24. The molecule has 2 heterocycles. The standard InChI is InChI=1S/C12H23N3O2/c1-9-7-15(2)5-3-10(9)14-11(16)12(13)4-6-17-8-12/h9-10H,3-8,13H2,1-2H3,(H,14,16). The van der Waals surface area contributed by atoms with Crippen LogP contribution in [0, 0.1) is 5.92 Å². The highest BCUT2D eigenvalue weighted by Gasteiger charge is 2.40. The molecule has 2 aliphatic heterocycles. The summed E-state index contributed by atoms with van der Waals surface area (Å²) in [5.74, 6) is 0.431. The van der Waals surface area contributed by atoms with E-state index in [2.05, 4.69) is 24.2 Å². The lowest BCUT2D eigenvalue weighted by Gasteiger charge is -2.36. The van der Waals surface area contributed by atoms with Gasteiger partial charge in [-0.3, -0.25) is 4.79 Å². The third kappa shape index (κ3) is 2.78. The number of carbonyl (C=O) groups excluding carboxylic acids is 1. The van der Waals surface area contributed by atoms with E-state index in [1.807, 2.05) is 0 Å². The molecule has 17 heavy (non-hydrogen) atoms. The van der Waals surface area contributed by atoms with E-state index in [1.54, 1.807) is 0 Å². The molecule has 2 aliphatic rings. The Bertz CT molecular complexity index is 289. The molecular formula is C12H23N3O2. The number of carbonyl (C=O) groups is 1. The molecule has 3 atom stereocenters. The molecule has 0 aromatic rings. The number of piperidine rings is 1. The summed E-state index contributed by atoms with van der Waals surface area (Å²) in [7, 11) is 2.11. The molecule has 2 rings (SSSR count). The van der Waals surface area contributed by atoms with Gasteiger partial charge in [0, 0.05) is 19.2 Å². The molecule has 1 amide bonds. The van der Waals surface area contributed by atoms with E-state index in [0.717, 1.165) is 19.5 Å². The van der Waals surface area contributed by atoms with Crippen LogP contribution < -0.4 is 11.1 Å². The maximum Gasteiger partial charge on any atom is 0.242 e. The third-order valence-electron chi connectivity index (χ3n) is 3.93. The zero-order chi connectivity index (χ0) is 12.5. The van der Waals surface area contributed by atoms with Crippen LogP contribution >= 0.6 is 0 Å². The molecule has 2 fully saturated rings. The summed E-state index contributed by atoms with van der Waals surface area (Å²) in [4.78, 5) is 14.4. The summed E-state index contributed by atoms with van der Waals surface area (Å²) < 4.78 is 5.22. The van der Waals surface area contributed by atoms with Crippen LogP contribution in [0.3, 0.4) is 0 Å². The molecule has 0 saturated carbocycles. The monoisotopic (exact) mass is 241 g/mol. The fourth-order valence-corrected chi connectivity index (χ4v) is 2.64. The highest BCUT2D eigenvalue weighted by Crippen LogP contribution is 2.19. The molecule has 3 N–H and O–H groups in total. The van der Waals surface area contributed by atoms with E-state index >= 15 is 0 Å². The van der Waals surface area contributed by atoms with E-state index in [-0.39, 0.29) is 11.9 Å². The van der Waals surface area contributed by atoms with E-state index in [4.69, 9.17) is 10.5 Å². The van der Waals surface area contributed by atoms with Crippen molar-refractivity contribution < 1.29 is 9.53 Å². The smallest absolute Gasteiger partial charge is 0.242 e. The minimum absolute atomic E-state index is 0.0450. The van der Waals surface area contributed by atoms with Crippen molar-refractivity contribution in [3.8, 4) is 0 Å². The minimum Gasteiger partial charge on any atom is -0.379 e. The van der Waals surface area contributed by atoms with Gasteiger partial charge in [-0.15, -0.1) is 0 Å². The Labute approximate surface area is 103 Å². The zero-order valence-corrected chi connectivity index (χ0v) is 10.7.